The van der Waals surface area contributed by atoms with Crippen LogP contribution in [0.25, 0.3) is 0 Å². The molecule has 6 nitrogen and oxygen atoms in total. The van der Waals surface area contributed by atoms with Crippen molar-refractivity contribution in [1.82, 2.24) is 15.5 Å². The van der Waals surface area contributed by atoms with Crippen LogP contribution in [0.1, 0.15) is 38.2 Å². The molecule has 3 N–H and O–H groups in total. The molecule has 0 atom stereocenters. The quantitative estimate of drug-likeness (QED) is 0.268. The van der Waals surface area contributed by atoms with Crippen LogP contribution in [0.3, 0.4) is 0 Å². The van der Waals surface area contributed by atoms with Gasteiger partial charge in [-0.3, -0.25) is 9.79 Å². The Morgan fingerprint density at radius 1 is 1.32 bits per heavy atom. The number of nitrogens with one attached hydrogen (secondary N) is 3. The Kier molecular flexibility index (Phi) is 12.0. The van der Waals surface area contributed by atoms with E-state index in [1.807, 2.05) is 25.1 Å². The Hall–Kier alpha value is -0.870. The fourth-order valence-electron chi connectivity index (χ4n) is 3.24. The first kappa shape index (κ1) is 25.2. The van der Waals surface area contributed by atoms with Gasteiger partial charge in [0, 0.05) is 49.3 Å². The molecule has 1 aliphatic rings. The van der Waals surface area contributed by atoms with Gasteiger partial charge in [0.25, 0.3) is 0 Å². The van der Waals surface area contributed by atoms with Crippen LogP contribution >= 0.6 is 39.9 Å². The number of benzene rings is 1. The lowest BCUT2D eigenvalue weighted by Crippen LogP contribution is -2.49. The van der Waals surface area contributed by atoms with E-state index in [1.165, 1.54) is 13.0 Å². The molecule has 0 spiro atoms. The number of amides is 1. The average Bonchev–Trinajstić information content (AvgIpc) is 2.65. The molecule has 1 aromatic carbocycles. The number of piperidine rings is 1. The van der Waals surface area contributed by atoms with Gasteiger partial charge in [0.15, 0.2) is 5.96 Å². The lowest BCUT2D eigenvalue weighted by molar-refractivity contribution is -0.116. The Labute approximate surface area is 194 Å². The molecule has 0 aromatic heterocycles. The number of halogens is 2. The standard InChI is InChI=1S/C20H32BrN5O.HI/c1-4-11-26-12-8-17(9-13-26)24-20(22-3)23-10-7-19(27)25-18-14-16(21)6-5-15(18)2;/h5-6,14,17H,4,7-13H2,1-3H3,(H,25,27)(H2,22,23,24);1H. The highest BCUT2D eigenvalue weighted by Crippen LogP contribution is 2.20. The molecule has 28 heavy (non-hydrogen) atoms. The molecule has 1 aromatic rings. The van der Waals surface area contributed by atoms with Crippen molar-refractivity contribution in [1.29, 1.82) is 0 Å². The van der Waals surface area contributed by atoms with Gasteiger partial charge in [-0.05, 0) is 50.4 Å². The molecule has 0 saturated carbocycles. The Bertz CT molecular complexity index is 647. The summed E-state index contributed by atoms with van der Waals surface area (Å²) in [7, 11) is 1.77. The predicted molar refractivity (Wildman–Crippen MR) is 132 cm³/mol. The van der Waals surface area contributed by atoms with Gasteiger partial charge in [-0.1, -0.05) is 28.9 Å². The smallest absolute Gasteiger partial charge is 0.226 e. The number of rotatable bonds is 7. The van der Waals surface area contributed by atoms with Crippen molar-refractivity contribution in [2.24, 2.45) is 4.99 Å². The number of guanidine groups is 1. The van der Waals surface area contributed by atoms with E-state index in [0.29, 0.717) is 19.0 Å². The maximum Gasteiger partial charge on any atom is 0.226 e. The number of likely N-dealkylation sites (tertiary alicyclic amines) is 1. The lowest BCUT2D eigenvalue weighted by atomic mass is 10.1. The van der Waals surface area contributed by atoms with Crippen LogP contribution in [-0.2, 0) is 4.79 Å². The summed E-state index contributed by atoms with van der Waals surface area (Å²) < 4.78 is 0.955. The van der Waals surface area contributed by atoms with Gasteiger partial charge < -0.3 is 20.9 Å². The molecule has 1 heterocycles. The number of aliphatic imine (C=N–C) groups is 1. The minimum absolute atomic E-state index is 0. The van der Waals surface area contributed by atoms with E-state index in [4.69, 9.17) is 0 Å². The monoisotopic (exact) mass is 565 g/mol. The number of carbonyl (C=O) groups excluding carboxylic acids is 1. The van der Waals surface area contributed by atoms with Crippen molar-refractivity contribution in [2.75, 3.05) is 38.5 Å². The molecule has 2 rings (SSSR count). The third kappa shape index (κ3) is 8.65. The van der Waals surface area contributed by atoms with Gasteiger partial charge >= 0.3 is 0 Å². The van der Waals surface area contributed by atoms with Crippen molar-refractivity contribution in [2.45, 2.75) is 45.6 Å². The number of hydrogen-bond acceptors (Lipinski definition) is 3. The summed E-state index contributed by atoms with van der Waals surface area (Å²) >= 11 is 3.44. The Morgan fingerprint density at radius 3 is 2.68 bits per heavy atom. The van der Waals surface area contributed by atoms with Crippen LogP contribution in [0.4, 0.5) is 5.69 Å². The van der Waals surface area contributed by atoms with Crippen molar-refractivity contribution < 1.29 is 4.79 Å². The molecule has 8 heteroatoms. The molecule has 1 aliphatic heterocycles. The van der Waals surface area contributed by atoms with Crippen molar-refractivity contribution in [3.05, 3.63) is 28.2 Å². The third-order valence-electron chi connectivity index (χ3n) is 4.81. The first-order valence-electron chi connectivity index (χ1n) is 9.77. The van der Waals surface area contributed by atoms with E-state index >= 15 is 0 Å². The maximum absolute atomic E-state index is 12.2. The maximum atomic E-state index is 12.2. The van der Waals surface area contributed by atoms with E-state index < -0.39 is 0 Å². The topological polar surface area (TPSA) is 68.8 Å². The lowest BCUT2D eigenvalue weighted by Gasteiger charge is -2.32. The highest BCUT2D eigenvalue weighted by atomic mass is 127. The van der Waals surface area contributed by atoms with Crippen LogP contribution in [0.2, 0.25) is 0 Å². The SMILES string of the molecule is CCCN1CCC(NC(=NC)NCCC(=O)Nc2cc(Br)ccc2C)CC1.I. The summed E-state index contributed by atoms with van der Waals surface area (Å²) in [6.07, 6.45) is 3.86. The van der Waals surface area contributed by atoms with Crippen LogP contribution in [-0.4, -0.2) is 56.0 Å². The number of hydrogen-bond donors (Lipinski definition) is 3. The van der Waals surface area contributed by atoms with Gasteiger partial charge in [-0.2, -0.15) is 0 Å². The zero-order chi connectivity index (χ0) is 19.6. The van der Waals surface area contributed by atoms with Crippen LogP contribution in [0.5, 0.6) is 0 Å². The van der Waals surface area contributed by atoms with Crippen LogP contribution in [0.15, 0.2) is 27.7 Å². The van der Waals surface area contributed by atoms with Gasteiger partial charge in [-0.25, -0.2) is 0 Å². The van der Waals surface area contributed by atoms with Crippen LogP contribution in [0, 0.1) is 6.92 Å². The molecular weight excluding hydrogens is 533 g/mol. The van der Waals surface area contributed by atoms with E-state index in [9.17, 15) is 4.79 Å². The second-order valence-electron chi connectivity index (χ2n) is 7.02. The molecule has 0 aliphatic carbocycles. The fraction of sp³-hybridized carbons (Fsp3) is 0.600. The summed E-state index contributed by atoms with van der Waals surface area (Å²) in [5.74, 6) is 0.766. The molecule has 1 fully saturated rings. The molecule has 158 valence electrons. The van der Waals surface area contributed by atoms with Crippen LogP contribution < -0.4 is 16.0 Å². The molecule has 0 radical (unpaired) electrons. The second-order valence-corrected chi connectivity index (χ2v) is 7.93. The third-order valence-corrected chi connectivity index (χ3v) is 5.30. The minimum Gasteiger partial charge on any atom is -0.356 e. The number of anilines is 1. The van der Waals surface area contributed by atoms with Crippen molar-refractivity contribution in [3.63, 3.8) is 0 Å². The summed E-state index contributed by atoms with van der Waals surface area (Å²) in [5, 5.41) is 9.70. The molecule has 0 bridgehead atoms. The summed E-state index contributed by atoms with van der Waals surface area (Å²) in [4.78, 5) is 19.0. The zero-order valence-electron chi connectivity index (χ0n) is 17.1. The first-order valence-corrected chi connectivity index (χ1v) is 10.6. The fourth-order valence-corrected chi connectivity index (χ4v) is 3.60. The summed E-state index contributed by atoms with van der Waals surface area (Å²) in [6.45, 7) is 8.22. The Morgan fingerprint density at radius 2 is 2.04 bits per heavy atom. The van der Waals surface area contributed by atoms with Gasteiger partial charge in [0.1, 0.15) is 0 Å². The van der Waals surface area contributed by atoms with Gasteiger partial charge in [-0.15, -0.1) is 24.0 Å². The largest absolute Gasteiger partial charge is 0.356 e. The van der Waals surface area contributed by atoms with Crippen molar-refractivity contribution in [3.8, 4) is 0 Å². The summed E-state index contributed by atoms with van der Waals surface area (Å²) in [6, 6.07) is 6.32. The van der Waals surface area contributed by atoms with Gasteiger partial charge in [0.05, 0.1) is 0 Å². The summed E-state index contributed by atoms with van der Waals surface area (Å²) in [5.41, 5.74) is 1.89. The molecule has 1 amide bonds. The minimum atomic E-state index is -0.00738. The van der Waals surface area contributed by atoms with E-state index in [1.54, 1.807) is 7.05 Å². The van der Waals surface area contributed by atoms with E-state index in [2.05, 4.69) is 48.7 Å². The molecular formula is C20H33BrIN5O. The molecule has 0 unspecified atom stereocenters. The Balaban J connectivity index is 0.00000392. The highest BCUT2D eigenvalue weighted by Gasteiger charge is 2.19. The average molecular weight is 566 g/mol. The molecule has 1 saturated heterocycles. The zero-order valence-corrected chi connectivity index (χ0v) is 21.0. The van der Waals surface area contributed by atoms with Crippen molar-refractivity contribution >= 4 is 57.5 Å². The predicted octanol–water partition coefficient (Wildman–Crippen LogP) is 3.74. The number of nitrogens with zero attached hydrogens (tertiary/aromatic N) is 2. The normalized spacial score (nSPS) is 15.6. The first-order chi connectivity index (χ1) is 13.0. The highest BCUT2D eigenvalue weighted by molar-refractivity contribution is 14.0. The van der Waals surface area contributed by atoms with Gasteiger partial charge in [0.2, 0.25) is 5.91 Å². The van der Waals surface area contributed by atoms with E-state index in [-0.39, 0.29) is 29.9 Å². The second kappa shape index (κ2) is 13.4. The number of aryl methyl sites for hydroxylation is 1. The number of carbonyl (C=O) groups is 1. The van der Waals surface area contributed by atoms with E-state index in [0.717, 1.165) is 47.6 Å².